The number of amides is 2. The third-order valence-corrected chi connectivity index (χ3v) is 7.04. The van der Waals surface area contributed by atoms with Gasteiger partial charge < -0.3 is 29.0 Å². The molecule has 4 aromatic rings. The zero-order valence-corrected chi connectivity index (χ0v) is 21.4. The summed E-state index contributed by atoms with van der Waals surface area (Å²) < 4.78 is 18.4. The van der Waals surface area contributed by atoms with E-state index in [0.717, 1.165) is 16.5 Å². The van der Waals surface area contributed by atoms with Crippen molar-refractivity contribution < 1.29 is 23.8 Å². The van der Waals surface area contributed by atoms with Gasteiger partial charge in [0, 0.05) is 60.1 Å². The molecule has 2 amide bonds. The van der Waals surface area contributed by atoms with E-state index in [4.69, 9.17) is 14.2 Å². The standard InChI is InChI=1S/C29H29N3O5/c1-31-16-21(18-10-8-9-13-22(18)31)26-25(19-11-6-7-12-20(19)29(34)32(26)2)28(33)30-17-14-23(35-3)27(37-5)24(15-17)36-4/h6-16,25-26H,1-5H3,(H,30,33)/t25-,26+/m1/s1. The molecule has 2 heterocycles. The summed E-state index contributed by atoms with van der Waals surface area (Å²) in [7, 11) is 8.30. The third kappa shape index (κ3) is 3.94. The van der Waals surface area contributed by atoms with E-state index in [1.54, 1.807) is 30.1 Å². The largest absolute Gasteiger partial charge is 0.493 e. The Labute approximate surface area is 215 Å². The number of anilines is 1. The minimum Gasteiger partial charge on any atom is -0.493 e. The molecule has 1 aromatic heterocycles. The molecular formula is C29H29N3O5. The van der Waals surface area contributed by atoms with Crippen molar-refractivity contribution >= 4 is 28.4 Å². The number of nitrogens with zero attached hydrogens (tertiary/aromatic N) is 2. The minimum atomic E-state index is -0.663. The molecule has 0 bridgehead atoms. The summed E-state index contributed by atoms with van der Waals surface area (Å²) in [5, 5.41) is 4.04. The lowest BCUT2D eigenvalue weighted by Gasteiger charge is -2.39. The summed E-state index contributed by atoms with van der Waals surface area (Å²) in [5.74, 6) is 0.260. The lowest BCUT2D eigenvalue weighted by atomic mass is 9.79. The van der Waals surface area contributed by atoms with Crippen molar-refractivity contribution in [1.82, 2.24) is 9.47 Å². The second kappa shape index (κ2) is 9.54. The first-order valence-electron chi connectivity index (χ1n) is 11.9. The van der Waals surface area contributed by atoms with Crippen LogP contribution < -0.4 is 19.5 Å². The van der Waals surface area contributed by atoms with Gasteiger partial charge in [-0.2, -0.15) is 0 Å². The number of carbonyl (C=O) groups excluding carboxylic acids is 2. The van der Waals surface area contributed by atoms with Crippen LogP contribution in [-0.2, 0) is 11.8 Å². The fourth-order valence-electron chi connectivity index (χ4n) is 5.33. The monoisotopic (exact) mass is 499 g/mol. The predicted molar refractivity (Wildman–Crippen MR) is 142 cm³/mol. The molecule has 0 fully saturated rings. The molecule has 8 nitrogen and oxygen atoms in total. The molecule has 37 heavy (non-hydrogen) atoms. The molecule has 2 atom stereocenters. The zero-order valence-electron chi connectivity index (χ0n) is 21.4. The minimum absolute atomic E-state index is 0.120. The first-order chi connectivity index (χ1) is 17.9. The Balaban J connectivity index is 1.64. The van der Waals surface area contributed by atoms with Crippen molar-refractivity contribution in [3.63, 3.8) is 0 Å². The Morgan fingerprint density at radius 3 is 2.19 bits per heavy atom. The molecule has 0 spiro atoms. The molecule has 190 valence electrons. The first kappa shape index (κ1) is 24.2. The number of nitrogens with one attached hydrogen (secondary N) is 1. The van der Waals surface area contributed by atoms with Gasteiger partial charge in [-0.15, -0.1) is 0 Å². The summed E-state index contributed by atoms with van der Waals surface area (Å²) in [6.45, 7) is 0. The van der Waals surface area contributed by atoms with Crippen molar-refractivity contribution in [2.24, 2.45) is 7.05 Å². The maximum absolute atomic E-state index is 14.1. The van der Waals surface area contributed by atoms with Crippen LogP contribution in [0.15, 0.2) is 66.9 Å². The van der Waals surface area contributed by atoms with Crippen LogP contribution in [-0.4, -0.2) is 49.7 Å². The number of fused-ring (bicyclic) bond motifs is 2. The van der Waals surface area contributed by atoms with Crippen LogP contribution in [0, 0.1) is 0 Å². The molecule has 0 radical (unpaired) electrons. The lowest BCUT2D eigenvalue weighted by molar-refractivity contribution is -0.119. The van der Waals surface area contributed by atoms with Crippen LogP contribution in [0.3, 0.4) is 0 Å². The molecule has 1 N–H and O–H groups in total. The van der Waals surface area contributed by atoms with Crippen LogP contribution in [0.1, 0.15) is 33.4 Å². The Morgan fingerprint density at radius 1 is 0.865 bits per heavy atom. The van der Waals surface area contributed by atoms with Crippen molar-refractivity contribution in [3.8, 4) is 17.2 Å². The first-order valence-corrected chi connectivity index (χ1v) is 11.9. The summed E-state index contributed by atoms with van der Waals surface area (Å²) in [5.41, 5.74) is 3.64. The van der Waals surface area contributed by atoms with E-state index in [2.05, 4.69) is 5.32 Å². The molecular weight excluding hydrogens is 470 g/mol. The summed E-state index contributed by atoms with van der Waals surface area (Å²) in [6.07, 6.45) is 2.01. The number of hydrogen-bond donors (Lipinski definition) is 1. The molecule has 0 saturated carbocycles. The van der Waals surface area contributed by atoms with E-state index in [0.29, 0.717) is 34.1 Å². The molecule has 3 aromatic carbocycles. The Kier molecular flexibility index (Phi) is 6.25. The number of rotatable bonds is 6. The fourth-order valence-corrected chi connectivity index (χ4v) is 5.33. The Morgan fingerprint density at radius 2 is 1.51 bits per heavy atom. The van der Waals surface area contributed by atoms with E-state index in [-0.39, 0.29) is 11.8 Å². The predicted octanol–water partition coefficient (Wildman–Crippen LogP) is 4.75. The summed E-state index contributed by atoms with van der Waals surface area (Å²) >= 11 is 0. The highest BCUT2D eigenvalue weighted by molar-refractivity contribution is 6.05. The van der Waals surface area contributed by atoms with Gasteiger partial charge in [-0.05, 0) is 17.7 Å². The van der Waals surface area contributed by atoms with Gasteiger partial charge >= 0.3 is 0 Å². The van der Waals surface area contributed by atoms with Crippen LogP contribution >= 0.6 is 0 Å². The number of likely N-dealkylation sites (N-methyl/N-ethyl adjacent to an activating group) is 1. The number of carbonyl (C=O) groups is 2. The molecule has 0 saturated heterocycles. The highest BCUT2D eigenvalue weighted by Crippen LogP contribution is 2.46. The van der Waals surface area contributed by atoms with Gasteiger partial charge in [0.25, 0.3) is 5.91 Å². The molecule has 8 heteroatoms. The van der Waals surface area contributed by atoms with Gasteiger partial charge in [-0.3, -0.25) is 9.59 Å². The smallest absolute Gasteiger partial charge is 0.254 e. The average molecular weight is 500 g/mol. The van der Waals surface area contributed by atoms with Crippen molar-refractivity contribution in [2.45, 2.75) is 12.0 Å². The Bertz CT molecular complexity index is 1480. The number of ether oxygens (including phenoxy) is 3. The van der Waals surface area contributed by atoms with E-state index < -0.39 is 12.0 Å². The second-order valence-electron chi connectivity index (χ2n) is 9.04. The quantitative estimate of drug-likeness (QED) is 0.414. The van der Waals surface area contributed by atoms with Gasteiger partial charge in [0.2, 0.25) is 11.7 Å². The second-order valence-corrected chi connectivity index (χ2v) is 9.04. The molecule has 0 aliphatic carbocycles. The van der Waals surface area contributed by atoms with E-state index in [9.17, 15) is 9.59 Å². The highest BCUT2D eigenvalue weighted by Gasteiger charge is 2.43. The van der Waals surface area contributed by atoms with Gasteiger partial charge in [0.05, 0.1) is 33.3 Å². The van der Waals surface area contributed by atoms with E-state index >= 15 is 0 Å². The molecule has 5 rings (SSSR count). The third-order valence-electron chi connectivity index (χ3n) is 7.04. The number of para-hydroxylation sites is 1. The summed E-state index contributed by atoms with van der Waals surface area (Å²) in [6, 6.07) is 18.2. The average Bonchev–Trinajstić information content (AvgIpc) is 3.25. The van der Waals surface area contributed by atoms with Crippen LogP contribution in [0.2, 0.25) is 0 Å². The number of benzene rings is 3. The fraction of sp³-hybridized carbons (Fsp3) is 0.241. The maximum atomic E-state index is 14.1. The van der Waals surface area contributed by atoms with Crippen LogP contribution in [0.4, 0.5) is 5.69 Å². The van der Waals surface area contributed by atoms with Gasteiger partial charge in [-0.1, -0.05) is 36.4 Å². The lowest BCUT2D eigenvalue weighted by Crippen LogP contribution is -2.44. The molecule has 0 unspecified atom stereocenters. The number of hydrogen-bond acceptors (Lipinski definition) is 5. The van der Waals surface area contributed by atoms with Crippen LogP contribution in [0.5, 0.6) is 17.2 Å². The summed E-state index contributed by atoms with van der Waals surface area (Å²) in [4.78, 5) is 29.2. The van der Waals surface area contributed by atoms with E-state index in [1.807, 2.05) is 60.3 Å². The van der Waals surface area contributed by atoms with Gasteiger partial charge in [0.15, 0.2) is 11.5 Å². The zero-order chi connectivity index (χ0) is 26.3. The number of aromatic nitrogens is 1. The molecule has 1 aliphatic heterocycles. The van der Waals surface area contributed by atoms with Crippen molar-refractivity contribution in [1.29, 1.82) is 0 Å². The SMILES string of the molecule is COc1cc(NC(=O)[C@@H]2c3ccccc3C(=O)N(C)[C@H]2c2cn(C)c3ccccc23)cc(OC)c1OC. The topological polar surface area (TPSA) is 82.0 Å². The van der Waals surface area contributed by atoms with Crippen molar-refractivity contribution in [3.05, 3.63) is 83.6 Å². The van der Waals surface area contributed by atoms with Crippen LogP contribution in [0.25, 0.3) is 10.9 Å². The van der Waals surface area contributed by atoms with E-state index in [1.165, 1.54) is 21.3 Å². The number of methoxy groups -OCH3 is 3. The van der Waals surface area contributed by atoms with Gasteiger partial charge in [-0.25, -0.2) is 0 Å². The number of aryl methyl sites for hydroxylation is 1. The maximum Gasteiger partial charge on any atom is 0.254 e. The van der Waals surface area contributed by atoms with Crippen molar-refractivity contribution in [2.75, 3.05) is 33.7 Å². The molecule has 1 aliphatic rings. The van der Waals surface area contributed by atoms with Gasteiger partial charge in [0.1, 0.15) is 0 Å². The highest BCUT2D eigenvalue weighted by atomic mass is 16.5. The Hall–Kier alpha value is -4.46. The normalized spacial score (nSPS) is 16.9.